The van der Waals surface area contributed by atoms with Crippen molar-refractivity contribution in [3.8, 4) is 12.0 Å². The first kappa shape index (κ1) is 31.2. The molecule has 0 N–H and O–H groups in total. The molecule has 2 nitrogen and oxygen atoms in total. The summed E-state index contributed by atoms with van der Waals surface area (Å²) in [5.74, 6) is 3.11. The zero-order chi connectivity index (χ0) is 31.9. The maximum atomic E-state index is 7.19. The fourth-order valence-corrected chi connectivity index (χ4v) is 7.51. The number of fused-ring (bicyclic) bond motifs is 2. The van der Waals surface area contributed by atoms with Gasteiger partial charge in [-0.25, -0.2) is 0 Å². The van der Waals surface area contributed by atoms with E-state index in [4.69, 9.17) is 23.2 Å². The smallest absolute Gasteiger partial charge is 0.229 e. The fourth-order valence-electron chi connectivity index (χ4n) is 7.02. The molecule has 1 aliphatic carbocycles. The van der Waals surface area contributed by atoms with Crippen LogP contribution in [0.25, 0.3) is 0 Å². The number of aryl methyl sites for hydroxylation is 1. The van der Waals surface area contributed by atoms with E-state index in [9.17, 15) is 0 Å². The number of para-hydroxylation sites is 1. The van der Waals surface area contributed by atoms with Crippen molar-refractivity contribution < 1.29 is 4.58 Å². The third kappa shape index (κ3) is 5.74. The molecule has 3 aliphatic rings. The quantitative estimate of drug-likeness (QED) is 0.200. The highest BCUT2D eigenvalue weighted by molar-refractivity contribution is 6.32. The molecule has 4 heteroatoms. The molecule has 45 heavy (non-hydrogen) atoms. The van der Waals surface area contributed by atoms with Crippen molar-refractivity contribution in [2.45, 2.75) is 78.2 Å². The summed E-state index contributed by atoms with van der Waals surface area (Å²) in [6, 6.07) is 27.0. The number of hydrogen-bond donors (Lipinski definition) is 0. The number of nitrogens with zero attached hydrogens (tertiary/aromatic N) is 2. The first-order valence-corrected chi connectivity index (χ1v) is 16.6. The number of benzene rings is 3. The summed E-state index contributed by atoms with van der Waals surface area (Å²) in [5, 5.41) is 1.62. The molecule has 2 heterocycles. The fraction of sp³-hybridized carbons (Fsp3) is 0.293. The van der Waals surface area contributed by atoms with E-state index in [0.29, 0.717) is 0 Å². The Bertz CT molecular complexity index is 1890. The second-order valence-corrected chi connectivity index (χ2v) is 14.2. The molecular weight excluding hydrogens is 591 g/mol. The number of allylic oxidation sites excluding steroid dienone is 8. The van der Waals surface area contributed by atoms with Crippen LogP contribution in [0, 0.1) is 18.9 Å². The summed E-state index contributed by atoms with van der Waals surface area (Å²) < 4.78 is 2.14. The molecule has 2 aliphatic heterocycles. The summed E-state index contributed by atoms with van der Waals surface area (Å²) in [6.45, 7) is 13.9. The van der Waals surface area contributed by atoms with E-state index in [1.165, 1.54) is 50.5 Å². The Hall–Kier alpha value is -3.77. The van der Waals surface area contributed by atoms with Crippen LogP contribution in [0.15, 0.2) is 113 Å². The second-order valence-electron chi connectivity index (χ2n) is 13.4. The molecule has 3 aromatic rings. The summed E-state index contributed by atoms with van der Waals surface area (Å²) >= 11 is 13.7. The Labute approximate surface area is 279 Å². The molecule has 0 atom stereocenters. The van der Waals surface area contributed by atoms with E-state index in [-0.39, 0.29) is 10.8 Å². The van der Waals surface area contributed by atoms with E-state index in [0.717, 1.165) is 41.5 Å². The Balaban J connectivity index is 1.37. The van der Waals surface area contributed by atoms with Gasteiger partial charge in [0.25, 0.3) is 0 Å². The standard InChI is InChI=1S/C41H41Cl2N2/c1-7-25-44-35-14-9-8-13-33(35)40(3,4)37(44)23-19-30-11-10-12-31(39(30)43)20-24-38-41(5,6)34-26-32(42)21-22-36(34)45(38)27-29-17-15-28(2)16-18-29/h8-9,13-24,26H,10-12,27H2,1-6H3/q+1. The predicted octanol–water partition coefficient (Wildman–Crippen LogP) is 11.0. The van der Waals surface area contributed by atoms with Crippen molar-refractivity contribution in [2.75, 3.05) is 4.90 Å². The van der Waals surface area contributed by atoms with Gasteiger partial charge in [-0.3, -0.25) is 0 Å². The SMILES string of the molecule is CC#C[N+]1=C(/C=C/C2=C(Cl)C(=C/C=C3/N(Cc4ccc(C)cc4)c4ccc(Cl)cc4C3(C)C)/CCC2)C(C)(C)c2ccccc21. The van der Waals surface area contributed by atoms with Crippen molar-refractivity contribution >= 4 is 40.3 Å². The van der Waals surface area contributed by atoms with Gasteiger partial charge < -0.3 is 4.90 Å². The molecule has 0 spiro atoms. The molecule has 0 unspecified atom stereocenters. The maximum absolute atomic E-state index is 7.19. The van der Waals surface area contributed by atoms with Gasteiger partial charge in [0.1, 0.15) is 0 Å². The lowest BCUT2D eigenvalue weighted by Crippen LogP contribution is -2.26. The van der Waals surface area contributed by atoms with Gasteiger partial charge in [0.15, 0.2) is 0 Å². The zero-order valence-corrected chi connectivity index (χ0v) is 28.7. The molecule has 0 saturated carbocycles. The molecule has 228 valence electrons. The van der Waals surface area contributed by atoms with E-state index < -0.39 is 0 Å². The van der Waals surface area contributed by atoms with Gasteiger partial charge in [-0.05, 0) is 92.5 Å². The molecule has 6 rings (SSSR count). The van der Waals surface area contributed by atoms with Crippen LogP contribution >= 0.6 is 23.2 Å². The van der Waals surface area contributed by atoms with Gasteiger partial charge in [-0.1, -0.05) is 97.2 Å². The van der Waals surface area contributed by atoms with E-state index >= 15 is 0 Å². The lowest BCUT2D eigenvalue weighted by molar-refractivity contribution is -0.332. The first-order valence-electron chi connectivity index (χ1n) is 15.8. The van der Waals surface area contributed by atoms with Crippen LogP contribution in [0.5, 0.6) is 0 Å². The third-order valence-electron chi connectivity index (χ3n) is 9.58. The second kappa shape index (κ2) is 12.2. The average molecular weight is 633 g/mol. The number of hydrogen-bond acceptors (Lipinski definition) is 1. The summed E-state index contributed by atoms with van der Waals surface area (Å²) in [6.07, 6.45) is 12.0. The van der Waals surface area contributed by atoms with Crippen LogP contribution in [0.1, 0.15) is 76.1 Å². The molecular formula is C41H41Cl2N2+. The van der Waals surface area contributed by atoms with Gasteiger partial charge in [-0.15, -0.1) is 4.58 Å². The maximum Gasteiger partial charge on any atom is 0.229 e. The van der Waals surface area contributed by atoms with Crippen LogP contribution in [0.4, 0.5) is 11.4 Å². The monoisotopic (exact) mass is 631 g/mol. The average Bonchev–Trinajstić information content (AvgIpc) is 3.35. The molecule has 0 radical (unpaired) electrons. The minimum atomic E-state index is -0.209. The third-order valence-corrected chi connectivity index (χ3v) is 10.3. The Morgan fingerprint density at radius 2 is 1.62 bits per heavy atom. The highest BCUT2D eigenvalue weighted by atomic mass is 35.5. The summed E-state index contributed by atoms with van der Waals surface area (Å²) in [7, 11) is 0. The minimum Gasteiger partial charge on any atom is -0.340 e. The van der Waals surface area contributed by atoms with Crippen LogP contribution in [0.3, 0.4) is 0 Å². The molecule has 0 bridgehead atoms. The van der Waals surface area contributed by atoms with Crippen molar-refractivity contribution in [3.05, 3.63) is 140 Å². The molecule has 0 saturated heterocycles. The largest absolute Gasteiger partial charge is 0.340 e. The lowest BCUT2D eigenvalue weighted by atomic mass is 9.81. The van der Waals surface area contributed by atoms with E-state index in [1.54, 1.807) is 0 Å². The van der Waals surface area contributed by atoms with E-state index in [2.05, 4.69) is 141 Å². The van der Waals surface area contributed by atoms with Gasteiger partial charge in [0.05, 0.1) is 5.41 Å². The van der Waals surface area contributed by atoms with Crippen molar-refractivity contribution in [3.63, 3.8) is 0 Å². The topological polar surface area (TPSA) is 6.25 Å². The Morgan fingerprint density at radius 1 is 0.867 bits per heavy atom. The van der Waals surface area contributed by atoms with E-state index in [1.807, 2.05) is 13.0 Å². The minimum absolute atomic E-state index is 0.158. The number of rotatable bonds is 5. The molecule has 0 amide bonds. The lowest BCUT2D eigenvalue weighted by Gasteiger charge is -2.27. The highest BCUT2D eigenvalue weighted by Gasteiger charge is 2.44. The predicted molar refractivity (Wildman–Crippen MR) is 192 cm³/mol. The zero-order valence-electron chi connectivity index (χ0n) is 27.1. The summed E-state index contributed by atoms with van der Waals surface area (Å²) in [4.78, 5) is 2.44. The number of anilines is 1. The Morgan fingerprint density at radius 3 is 2.38 bits per heavy atom. The van der Waals surface area contributed by atoms with Crippen LogP contribution in [-0.4, -0.2) is 10.3 Å². The van der Waals surface area contributed by atoms with Gasteiger partial charge >= 0.3 is 0 Å². The Kier molecular flexibility index (Phi) is 8.47. The first-order chi connectivity index (χ1) is 21.5. The molecule has 0 aromatic heterocycles. The van der Waals surface area contributed by atoms with Crippen LogP contribution < -0.4 is 4.90 Å². The summed E-state index contributed by atoms with van der Waals surface area (Å²) in [5.41, 5.74) is 11.8. The number of halogens is 2. The van der Waals surface area contributed by atoms with Crippen LogP contribution in [0.2, 0.25) is 5.02 Å². The highest BCUT2D eigenvalue weighted by Crippen LogP contribution is 2.49. The van der Waals surface area contributed by atoms with Crippen molar-refractivity contribution in [2.24, 2.45) is 0 Å². The van der Waals surface area contributed by atoms with Crippen molar-refractivity contribution in [1.82, 2.24) is 0 Å². The van der Waals surface area contributed by atoms with Crippen LogP contribution in [-0.2, 0) is 17.4 Å². The van der Waals surface area contributed by atoms with Gasteiger partial charge in [0.2, 0.25) is 17.4 Å². The normalized spacial score (nSPS) is 20.2. The van der Waals surface area contributed by atoms with Crippen molar-refractivity contribution in [1.29, 1.82) is 0 Å². The van der Waals surface area contributed by atoms with Gasteiger partial charge in [-0.2, -0.15) is 0 Å². The molecule has 3 aromatic carbocycles. The molecule has 0 fully saturated rings. The van der Waals surface area contributed by atoms with Gasteiger partial charge in [0, 0.05) is 58.0 Å².